The average Bonchev–Trinajstić information content (AvgIpc) is 3.50. The number of nitrogens with zero attached hydrogens (tertiary/aromatic N) is 1. The highest BCUT2D eigenvalue weighted by Crippen LogP contribution is 2.56. The molecule has 2 saturated carbocycles. The predicted octanol–water partition coefficient (Wildman–Crippen LogP) is 3.43. The number of hydrogen-bond donors (Lipinski definition) is 1. The second kappa shape index (κ2) is 9.29. The number of esters is 1. The zero-order chi connectivity index (χ0) is 24.7. The summed E-state index contributed by atoms with van der Waals surface area (Å²) in [6.45, 7) is 3.37. The lowest BCUT2D eigenvalue weighted by Crippen LogP contribution is -2.48. The first-order valence-electron chi connectivity index (χ1n) is 12.3. The van der Waals surface area contributed by atoms with Crippen molar-refractivity contribution in [2.75, 3.05) is 11.9 Å². The second-order valence-corrected chi connectivity index (χ2v) is 10.2. The molecule has 3 amide bonds. The van der Waals surface area contributed by atoms with Gasteiger partial charge in [-0.1, -0.05) is 36.4 Å². The van der Waals surface area contributed by atoms with Crippen molar-refractivity contribution < 1.29 is 23.9 Å². The molecular weight excluding hydrogens is 444 g/mol. The first kappa shape index (κ1) is 23.3. The van der Waals surface area contributed by atoms with Gasteiger partial charge in [0, 0.05) is 12.1 Å². The summed E-state index contributed by atoms with van der Waals surface area (Å²) in [7, 11) is 0. The van der Waals surface area contributed by atoms with Gasteiger partial charge in [-0.15, -0.1) is 0 Å². The van der Waals surface area contributed by atoms with E-state index in [1.165, 1.54) is 0 Å². The van der Waals surface area contributed by atoms with Gasteiger partial charge < -0.3 is 10.1 Å². The maximum atomic E-state index is 13.4. The van der Waals surface area contributed by atoms with Crippen LogP contribution in [0.2, 0.25) is 0 Å². The third-order valence-corrected chi connectivity index (χ3v) is 7.67. The molecule has 7 heteroatoms. The van der Waals surface area contributed by atoms with Gasteiger partial charge in [0.05, 0.1) is 11.8 Å². The number of carbonyl (C=O) groups is 4. The minimum atomic E-state index is -1.09. The number of aryl methyl sites for hydroxylation is 2. The number of carbonyl (C=O) groups excluding carboxylic acids is 4. The monoisotopic (exact) mass is 474 g/mol. The third-order valence-electron chi connectivity index (χ3n) is 7.67. The molecule has 2 aromatic carbocycles. The average molecular weight is 475 g/mol. The van der Waals surface area contributed by atoms with Crippen molar-refractivity contribution in [2.45, 2.75) is 45.6 Å². The van der Waals surface area contributed by atoms with Crippen LogP contribution in [0.15, 0.2) is 48.5 Å². The van der Waals surface area contributed by atoms with Crippen molar-refractivity contribution in [2.24, 2.45) is 23.7 Å². The molecular formula is C28H30N2O5. The minimum Gasteiger partial charge on any atom is -0.454 e. The molecule has 1 aliphatic heterocycles. The fraction of sp³-hybridized carbons (Fsp3) is 0.429. The third kappa shape index (κ3) is 4.47. The molecule has 0 radical (unpaired) electrons. The van der Waals surface area contributed by atoms with E-state index in [1.54, 1.807) is 0 Å². The Morgan fingerprint density at radius 3 is 2.17 bits per heavy atom. The van der Waals surface area contributed by atoms with Gasteiger partial charge >= 0.3 is 5.97 Å². The van der Waals surface area contributed by atoms with Crippen molar-refractivity contribution in [3.63, 3.8) is 0 Å². The summed E-state index contributed by atoms with van der Waals surface area (Å²) in [6.07, 6.45) is 3.01. The summed E-state index contributed by atoms with van der Waals surface area (Å²) in [5, 5.41) is 2.74. The lowest BCUT2D eigenvalue weighted by Gasteiger charge is -2.26. The zero-order valence-corrected chi connectivity index (χ0v) is 20.0. The number of likely N-dealkylation sites (tertiary alicyclic amines) is 1. The van der Waals surface area contributed by atoms with Gasteiger partial charge in [0.25, 0.3) is 5.91 Å². The Hall–Kier alpha value is -3.48. The van der Waals surface area contributed by atoms with E-state index in [1.807, 2.05) is 62.4 Å². The molecule has 1 heterocycles. The normalized spacial score (nSPS) is 25.5. The molecule has 2 bridgehead atoms. The Bertz CT molecular complexity index is 1130. The van der Waals surface area contributed by atoms with Crippen molar-refractivity contribution in [3.05, 3.63) is 65.2 Å². The fourth-order valence-electron chi connectivity index (χ4n) is 6.33. The topological polar surface area (TPSA) is 92.8 Å². The zero-order valence-electron chi connectivity index (χ0n) is 20.0. The molecule has 35 heavy (non-hydrogen) atoms. The van der Waals surface area contributed by atoms with E-state index in [-0.39, 0.29) is 41.9 Å². The molecule has 3 aliphatic rings. The molecule has 0 aromatic heterocycles. The molecule has 5 atom stereocenters. The molecule has 0 spiro atoms. The van der Waals surface area contributed by atoms with E-state index in [0.717, 1.165) is 40.9 Å². The summed E-state index contributed by atoms with van der Waals surface area (Å²) in [5.41, 5.74) is 3.45. The van der Waals surface area contributed by atoms with Crippen molar-refractivity contribution in [1.29, 1.82) is 0 Å². The van der Waals surface area contributed by atoms with Crippen LogP contribution < -0.4 is 5.32 Å². The first-order chi connectivity index (χ1) is 16.8. The van der Waals surface area contributed by atoms with Crippen molar-refractivity contribution in [1.82, 2.24) is 4.90 Å². The van der Waals surface area contributed by atoms with Gasteiger partial charge in [-0.25, -0.2) is 4.79 Å². The second-order valence-electron chi connectivity index (χ2n) is 10.2. The molecule has 182 valence electrons. The Labute approximate surface area is 204 Å². The summed E-state index contributed by atoms with van der Waals surface area (Å²) in [5.74, 6) is -1.92. The molecule has 1 saturated heterocycles. The summed E-state index contributed by atoms with van der Waals surface area (Å²) < 4.78 is 5.37. The number of amides is 3. The molecule has 0 unspecified atom stereocenters. The number of hydrogen-bond acceptors (Lipinski definition) is 5. The summed E-state index contributed by atoms with van der Waals surface area (Å²) >= 11 is 0. The van der Waals surface area contributed by atoms with Crippen LogP contribution in [0.1, 0.15) is 36.0 Å². The van der Waals surface area contributed by atoms with Gasteiger partial charge in [-0.05, 0) is 73.8 Å². The first-order valence-corrected chi connectivity index (χ1v) is 12.3. The molecule has 1 N–H and O–H groups in total. The Balaban J connectivity index is 1.31. The van der Waals surface area contributed by atoms with Crippen LogP contribution >= 0.6 is 0 Å². The number of fused-ring (bicyclic) bond motifs is 5. The van der Waals surface area contributed by atoms with Gasteiger partial charge in [0.15, 0.2) is 6.61 Å². The van der Waals surface area contributed by atoms with Crippen LogP contribution in [0, 0.1) is 37.5 Å². The van der Waals surface area contributed by atoms with Gasteiger partial charge in [-0.2, -0.15) is 0 Å². The summed E-state index contributed by atoms with van der Waals surface area (Å²) in [6, 6.07) is 13.8. The van der Waals surface area contributed by atoms with Crippen LogP contribution in [-0.4, -0.2) is 41.2 Å². The van der Waals surface area contributed by atoms with Crippen LogP contribution in [0.25, 0.3) is 0 Å². The molecule has 7 nitrogen and oxygen atoms in total. The Morgan fingerprint density at radius 2 is 1.57 bits per heavy atom. The molecule has 2 aliphatic carbocycles. The number of imide groups is 1. The van der Waals surface area contributed by atoms with E-state index in [2.05, 4.69) is 5.32 Å². The van der Waals surface area contributed by atoms with E-state index >= 15 is 0 Å². The quantitative estimate of drug-likeness (QED) is 0.490. The van der Waals surface area contributed by atoms with E-state index < -0.39 is 24.5 Å². The van der Waals surface area contributed by atoms with E-state index in [0.29, 0.717) is 5.69 Å². The van der Waals surface area contributed by atoms with Crippen molar-refractivity contribution in [3.8, 4) is 0 Å². The summed E-state index contributed by atoms with van der Waals surface area (Å²) in [4.78, 5) is 53.6. The molecule has 5 rings (SSSR count). The number of benzene rings is 2. The standard InChI is InChI=1S/C28H30N2O5/c1-16-10-17(2)12-21(11-16)29-23(31)15-35-28(34)22(13-18-6-4-3-5-7-18)30-26(32)24-19-8-9-20(14-19)25(24)27(30)33/h3-7,10-12,19-20,22,24-25H,8-9,13-15H2,1-2H3,(H,29,31)/t19-,20-,22-,24+,25+/m0/s1. The maximum absolute atomic E-state index is 13.4. The highest BCUT2D eigenvalue weighted by molar-refractivity contribution is 6.08. The fourth-order valence-corrected chi connectivity index (χ4v) is 6.33. The molecule has 2 aromatic rings. The lowest BCUT2D eigenvalue weighted by atomic mass is 9.81. The Morgan fingerprint density at radius 1 is 0.971 bits per heavy atom. The van der Waals surface area contributed by atoms with Crippen LogP contribution in [0.3, 0.4) is 0 Å². The number of nitrogens with one attached hydrogen (secondary N) is 1. The number of ether oxygens (including phenoxy) is 1. The van der Waals surface area contributed by atoms with Gasteiger partial charge in [0.2, 0.25) is 11.8 Å². The van der Waals surface area contributed by atoms with Crippen LogP contribution in [0.5, 0.6) is 0 Å². The van der Waals surface area contributed by atoms with Gasteiger partial charge in [0.1, 0.15) is 6.04 Å². The SMILES string of the molecule is Cc1cc(C)cc(NC(=O)COC(=O)[C@H](Cc2ccccc2)N2C(=O)[C@@H]3[C@H]4CC[C@@H](C4)[C@H]3C2=O)c1. The lowest BCUT2D eigenvalue weighted by molar-refractivity contribution is -0.160. The number of rotatable bonds is 7. The van der Waals surface area contributed by atoms with E-state index in [4.69, 9.17) is 4.74 Å². The van der Waals surface area contributed by atoms with Crippen molar-refractivity contribution >= 4 is 29.4 Å². The maximum Gasteiger partial charge on any atom is 0.330 e. The van der Waals surface area contributed by atoms with Crippen LogP contribution in [-0.2, 0) is 30.3 Å². The molecule has 3 fully saturated rings. The highest BCUT2D eigenvalue weighted by atomic mass is 16.5. The smallest absolute Gasteiger partial charge is 0.330 e. The number of anilines is 1. The van der Waals surface area contributed by atoms with E-state index in [9.17, 15) is 19.2 Å². The minimum absolute atomic E-state index is 0.157. The largest absolute Gasteiger partial charge is 0.454 e. The van der Waals surface area contributed by atoms with Crippen LogP contribution in [0.4, 0.5) is 5.69 Å². The van der Waals surface area contributed by atoms with Gasteiger partial charge in [-0.3, -0.25) is 19.3 Å². The highest BCUT2D eigenvalue weighted by Gasteiger charge is 2.62. The Kier molecular flexibility index (Phi) is 6.17. The predicted molar refractivity (Wildman–Crippen MR) is 129 cm³/mol.